The molecule has 120 valence electrons. The molecule has 0 fully saturated rings. The molecule has 22 heavy (non-hydrogen) atoms. The molecule has 6 heteroatoms. The molecule has 2 amide bonds. The smallest absolute Gasteiger partial charge is 0.413 e. The van der Waals surface area contributed by atoms with Crippen LogP contribution in [0.25, 0.3) is 0 Å². The lowest BCUT2D eigenvalue weighted by Crippen LogP contribution is -2.39. The van der Waals surface area contributed by atoms with Gasteiger partial charge in [0.25, 0.3) is 5.91 Å². The second kappa shape index (κ2) is 8.81. The topological polar surface area (TPSA) is 81.7 Å². The normalized spacial score (nSPS) is 11.4. The van der Waals surface area contributed by atoms with Gasteiger partial charge in [0, 0.05) is 6.42 Å². The summed E-state index contributed by atoms with van der Waals surface area (Å²) in [6, 6.07) is 7.99. The van der Waals surface area contributed by atoms with Crippen molar-refractivity contribution in [2.45, 2.75) is 39.2 Å². The fourth-order valence-electron chi connectivity index (χ4n) is 1.75. The molecule has 0 heterocycles. The van der Waals surface area contributed by atoms with Crippen LogP contribution in [0.2, 0.25) is 0 Å². The van der Waals surface area contributed by atoms with Crippen molar-refractivity contribution in [1.29, 1.82) is 0 Å². The Morgan fingerprint density at radius 2 is 1.73 bits per heavy atom. The molecule has 0 aliphatic heterocycles. The number of esters is 1. The molecule has 0 saturated carbocycles. The van der Waals surface area contributed by atoms with E-state index in [1.807, 2.05) is 29.6 Å². The number of alkyl carbamates (subject to hydrolysis) is 1. The number of hydrogen-bond acceptors (Lipinski definition) is 5. The average molecular weight is 307 g/mol. The maximum absolute atomic E-state index is 11.7. The zero-order chi connectivity index (χ0) is 16.5. The van der Waals surface area contributed by atoms with Gasteiger partial charge in [-0.2, -0.15) is 0 Å². The third-order valence-corrected chi connectivity index (χ3v) is 3.14. The van der Waals surface area contributed by atoms with Crippen LogP contribution in [0.5, 0.6) is 0 Å². The number of ether oxygens (including phenoxy) is 2. The summed E-state index contributed by atoms with van der Waals surface area (Å²) in [5.74, 6) is -1.21. The van der Waals surface area contributed by atoms with E-state index in [0.717, 1.165) is 19.1 Å². The molecule has 0 bridgehead atoms. The lowest BCUT2D eigenvalue weighted by Gasteiger charge is -2.12. The summed E-state index contributed by atoms with van der Waals surface area (Å²) in [5, 5.41) is 1.94. The molecule has 0 saturated heterocycles. The number of aryl methyl sites for hydroxylation is 2. The summed E-state index contributed by atoms with van der Waals surface area (Å²) in [6.45, 7) is 3.47. The molecule has 1 aromatic carbocycles. The first-order chi connectivity index (χ1) is 10.5. The quantitative estimate of drug-likeness (QED) is 0.813. The first-order valence-electron chi connectivity index (χ1n) is 7.12. The Bertz CT molecular complexity index is 524. The lowest BCUT2D eigenvalue weighted by molar-refractivity contribution is -0.154. The van der Waals surface area contributed by atoms with E-state index in [9.17, 15) is 14.4 Å². The third-order valence-electron chi connectivity index (χ3n) is 3.14. The highest BCUT2D eigenvalue weighted by molar-refractivity contribution is 5.94. The molecule has 1 aromatic rings. The van der Waals surface area contributed by atoms with Gasteiger partial charge < -0.3 is 9.47 Å². The van der Waals surface area contributed by atoms with Crippen molar-refractivity contribution >= 4 is 18.0 Å². The van der Waals surface area contributed by atoms with Gasteiger partial charge in [-0.05, 0) is 30.9 Å². The highest BCUT2D eigenvalue weighted by atomic mass is 16.6. The Morgan fingerprint density at radius 1 is 1.14 bits per heavy atom. The number of nitrogens with one attached hydrogen (secondary N) is 1. The fraction of sp³-hybridized carbons (Fsp3) is 0.438. The van der Waals surface area contributed by atoms with Crippen LogP contribution >= 0.6 is 0 Å². The van der Waals surface area contributed by atoms with E-state index >= 15 is 0 Å². The van der Waals surface area contributed by atoms with Gasteiger partial charge in [0.1, 0.15) is 0 Å². The number of carbonyl (C=O) groups excluding carboxylic acids is 3. The van der Waals surface area contributed by atoms with Crippen LogP contribution in [0.15, 0.2) is 24.3 Å². The van der Waals surface area contributed by atoms with Gasteiger partial charge in [-0.15, -0.1) is 0 Å². The number of rotatable bonds is 6. The highest BCUT2D eigenvalue weighted by Gasteiger charge is 2.19. The summed E-state index contributed by atoms with van der Waals surface area (Å²) in [4.78, 5) is 34.1. The number of hydrogen-bond donors (Lipinski definition) is 1. The Morgan fingerprint density at radius 3 is 2.27 bits per heavy atom. The van der Waals surface area contributed by atoms with E-state index < -0.39 is 24.1 Å². The molecular weight excluding hydrogens is 286 g/mol. The van der Waals surface area contributed by atoms with Crippen LogP contribution < -0.4 is 5.32 Å². The van der Waals surface area contributed by atoms with Crippen molar-refractivity contribution < 1.29 is 23.9 Å². The largest absolute Gasteiger partial charge is 0.453 e. The van der Waals surface area contributed by atoms with Crippen LogP contribution in [-0.2, 0) is 31.9 Å². The van der Waals surface area contributed by atoms with Crippen LogP contribution in [0.4, 0.5) is 4.79 Å². The maximum atomic E-state index is 11.7. The van der Waals surface area contributed by atoms with E-state index in [4.69, 9.17) is 4.74 Å². The zero-order valence-electron chi connectivity index (χ0n) is 13.0. The summed E-state index contributed by atoms with van der Waals surface area (Å²) < 4.78 is 9.25. The predicted molar refractivity (Wildman–Crippen MR) is 80.2 cm³/mol. The molecule has 0 unspecified atom stereocenters. The van der Waals surface area contributed by atoms with Gasteiger partial charge in [-0.3, -0.25) is 14.9 Å². The second-order valence-electron chi connectivity index (χ2n) is 4.78. The van der Waals surface area contributed by atoms with Crippen LogP contribution in [0.1, 0.15) is 31.4 Å². The molecule has 6 nitrogen and oxygen atoms in total. The highest BCUT2D eigenvalue weighted by Crippen LogP contribution is 2.08. The van der Waals surface area contributed by atoms with E-state index in [2.05, 4.69) is 11.7 Å². The fourth-order valence-corrected chi connectivity index (χ4v) is 1.75. The number of amides is 2. The Kier molecular flexibility index (Phi) is 7.08. The van der Waals surface area contributed by atoms with Crippen LogP contribution in [-0.4, -0.2) is 31.2 Å². The summed E-state index contributed by atoms with van der Waals surface area (Å²) in [5.41, 5.74) is 2.26. The minimum Gasteiger partial charge on any atom is -0.453 e. The van der Waals surface area contributed by atoms with E-state index in [1.54, 1.807) is 0 Å². The van der Waals surface area contributed by atoms with Crippen molar-refractivity contribution in [3.05, 3.63) is 35.4 Å². The zero-order valence-corrected chi connectivity index (χ0v) is 13.0. The molecular formula is C16H21NO5. The van der Waals surface area contributed by atoms with Gasteiger partial charge in [-0.25, -0.2) is 4.79 Å². The SMILES string of the molecule is CCc1ccc(CCC(=O)O[C@@H](C)C(=O)NC(=O)OC)cc1. The minimum absolute atomic E-state index is 0.168. The molecule has 0 aliphatic rings. The molecule has 1 atom stereocenters. The summed E-state index contributed by atoms with van der Waals surface area (Å²) in [7, 11) is 1.14. The van der Waals surface area contributed by atoms with Crippen molar-refractivity contribution in [2.75, 3.05) is 7.11 Å². The Hall–Kier alpha value is -2.37. The summed E-state index contributed by atoms with van der Waals surface area (Å²) >= 11 is 0. The molecule has 0 aromatic heterocycles. The number of carbonyl (C=O) groups is 3. The van der Waals surface area contributed by atoms with E-state index in [0.29, 0.717) is 6.42 Å². The number of imide groups is 1. The van der Waals surface area contributed by atoms with Gasteiger partial charge >= 0.3 is 12.1 Å². The predicted octanol–water partition coefficient (Wildman–Crippen LogP) is 2.00. The number of methoxy groups -OCH3 is 1. The summed E-state index contributed by atoms with van der Waals surface area (Å²) in [6.07, 6.45) is -0.261. The van der Waals surface area contributed by atoms with Gasteiger partial charge in [0.15, 0.2) is 6.10 Å². The lowest BCUT2D eigenvalue weighted by atomic mass is 10.1. The maximum Gasteiger partial charge on any atom is 0.413 e. The monoisotopic (exact) mass is 307 g/mol. The number of benzene rings is 1. The van der Waals surface area contributed by atoms with Gasteiger partial charge in [-0.1, -0.05) is 31.2 Å². The van der Waals surface area contributed by atoms with Crippen molar-refractivity contribution in [3.8, 4) is 0 Å². The molecule has 0 spiro atoms. The van der Waals surface area contributed by atoms with Gasteiger partial charge in [0.2, 0.25) is 0 Å². The standard InChI is InChI=1S/C16H21NO5/c1-4-12-5-7-13(8-6-12)9-10-14(18)22-11(2)15(19)17-16(20)21-3/h5-8,11H,4,9-10H2,1-3H3,(H,17,19,20)/t11-/m0/s1. The molecule has 0 radical (unpaired) electrons. The van der Waals surface area contributed by atoms with E-state index in [-0.39, 0.29) is 6.42 Å². The second-order valence-corrected chi connectivity index (χ2v) is 4.78. The molecule has 1 rings (SSSR count). The Labute approximate surface area is 129 Å². The molecule has 1 N–H and O–H groups in total. The van der Waals surface area contributed by atoms with Crippen molar-refractivity contribution in [1.82, 2.24) is 5.32 Å². The molecule has 0 aliphatic carbocycles. The van der Waals surface area contributed by atoms with E-state index in [1.165, 1.54) is 12.5 Å². The van der Waals surface area contributed by atoms with Crippen LogP contribution in [0, 0.1) is 0 Å². The minimum atomic E-state index is -1.05. The van der Waals surface area contributed by atoms with Crippen molar-refractivity contribution in [3.63, 3.8) is 0 Å². The Balaban J connectivity index is 2.38. The third kappa shape index (κ3) is 5.95. The van der Waals surface area contributed by atoms with Gasteiger partial charge in [0.05, 0.1) is 7.11 Å². The first kappa shape index (κ1) is 17.7. The van der Waals surface area contributed by atoms with Crippen molar-refractivity contribution in [2.24, 2.45) is 0 Å². The average Bonchev–Trinajstić information content (AvgIpc) is 2.53. The van der Waals surface area contributed by atoms with Crippen LogP contribution in [0.3, 0.4) is 0 Å². The first-order valence-corrected chi connectivity index (χ1v) is 7.12.